The normalized spacial score (nSPS) is 10.6. The van der Waals surface area contributed by atoms with E-state index in [1.54, 1.807) is 0 Å². The van der Waals surface area contributed by atoms with Gasteiger partial charge >= 0.3 is 0 Å². The van der Waals surface area contributed by atoms with Gasteiger partial charge in [-0.05, 0) is 20.0 Å². The van der Waals surface area contributed by atoms with Gasteiger partial charge in [0.05, 0.1) is 5.69 Å². The number of benzene rings is 1. The Balaban J connectivity index is 2.15. The van der Waals surface area contributed by atoms with Crippen molar-refractivity contribution in [1.82, 2.24) is 15.5 Å². The van der Waals surface area contributed by atoms with Crippen molar-refractivity contribution in [3.63, 3.8) is 0 Å². The molecular formula is C13H17N3. The van der Waals surface area contributed by atoms with E-state index >= 15 is 0 Å². The minimum atomic E-state index is 0.968. The van der Waals surface area contributed by atoms with E-state index in [1.807, 2.05) is 7.05 Å². The van der Waals surface area contributed by atoms with Crippen LogP contribution >= 0.6 is 0 Å². The van der Waals surface area contributed by atoms with Crippen LogP contribution in [0.5, 0.6) is 0 Å². The van der Waals surface area contributed by atoms with E-state index in [0.29, 0.717) is 0 Å². The number of aryl methyl sites for hydroxylation is 1. The number of aromatic nitrogens is 2. The first-order chi connectivity index (χ1) is 7.79. The summed E-state index contributed by atoms with van der Waals surface area (Å²) < 4.78 is 0. The molecule has 1 heterocycles. The molecule has 1 aromatic carbocycles. The Morgan fingerprint density at radius 2 is 2.00 bits per heavy atom. The summed E-state index contributed by atoms with van der Waals surface area (Å²) in [5, 5.41) is 10.5. The van der Waals surface area contributed by atoms with Crippen molar-refractivity contribution in [3.05, 3.63) is 41.6 Å². The van der Waals surface area contributed by atoms with Crippen LogP contribution in [-0.4, -0.2) is 23.8 Å². The lowest BCUT2D eigenvalue weighted by Crippen LogP contribution is -2.10. The van der Waals surface area contributed by atoms with Crippen LogP contribution in [0.25, 0.3) is 11.3 Å². The molecule has 0 aliphatic heterocycles. The van der Waals surface area contributed by atoms with Crippen molar-refractivity contribution >= 4 is 0 Å². The second kappa shape index (κ2) is 4.94. The summed E-state index contributed by atoms with van der Waals surface area (Å²) in [5.74, 6) is 0. The summed E-state index contributed by atoms with van der Waals surface area (Å²) in [7, 11) is 1.96. The van der Waals surface area contributed by atoms with E-state index in [4.69, 9.17) is 0 Å². The van der Waals surface area contributed by atoms with Gasteiger partial charge in [0.2, 0.25) is 0 Å². The van der Waals surface area contributed by atoms with Gasteiger partial charge in [-0.25, -0.2) is 0 Å². The van der Waals surface area contributed by atoms with Gasteiger partial charge in [0.25, 0.3) is 0 Å². The first-order valence-electron chi connectivity index (χ1n) is 5.55. The summed E-state index contributed by atoms with van der Waals surface area (Å²) in [4.78, 5) is 0. The largest absolute Gasteiger partial charge is 0.319 e. The van der Waals surface area contributed by atoms with E-state index < -0.39 is 0 Å². The third-order valence-electron chi connectivity index (χ3n) is 2.62. The second-order valence-electron chi connectivity index (χ2n) is 4.00. The highest BCUT2D eigenvalue weighted by atomic mass is 15.1. The van der Waals surface area contributed by atoms with Gasteiger partial charge in [0.1, 0.15) is 0 Å². The molecule has 84 valence electrons. The number of rotatable bonds is 4. The van der Waals surface area contributed by atoms with Crippen molar-refractivity contribution in [2.75, 3.05) is 13.6 Å². The quantitative estimate of drug-likeness (QED) is 0.820. The molecule has 3 nitrogen and oxygen atoms in total. The average molecular weight is 215 g/mol. The van der Waals surface area contributed by atoms with Crippen molar-refractivity contribution < 1.29 is 0 Å². The number of nitrogens with one attached hydrogen (secondary N) is 2. The number of aromatic amines is 1. The van der Waals surface area contributed by atoms with Gasteiger partial charge in [0, 0.05) is 24.2 Å². The molecule has 2 rings (SSSR count). The van der Waals surface area contributed by atoms with E-state index in [0.717, 1.165) is 24.2 Å². The highest BCUT2D eigenvalue weighted by Crippen LogP contribution is 2.18. The highest BCUT2D eigenvalue weighted by Gasteiger charge is 2.02. The van der Waals surface area contributed by atoms with Gasteiger partial charge in [-0.15, -0.1) is 0 Å². The molecule has 3 heteroatoms. The van der Waals surface area contributed by atoms with Gasteiger partial charge in [-0.3, -0.25) is 5.10 Å². The van der Waals surface area contributed by atoms with Crippen LogP contribution in [0, 0.1) is 6.92 Å². The highest BCUT2D eigenvalue weighted by molar-refractivity contribution is 5.59. The van der Waals surface area contributed by atoms with Crippen molar-refractivity contribution in [1.29, 1.82) is 0 Å². The Bertz CT molecular complexity index is 442. The fourth-order valence-electron chi connectivity index (χ4n) is 1.62. The van der Waals surface area contributed by atoms with E-state index in [-0.39, 0.29) is 0 Å². The minimum Gasteiger partial charge on any atom is -0.319 e. The third kappa shape index (κ3) is 2.49. The zero-order chi connectivity index (χ0) is 11.4. The fraction of sp³-hybridized carbons (Fsp3) is 0.308. The number of hydrogen-bond acceptors (Lipinski definition) is 2. The van der Waals surface area contributed by atoms with Crippen LogP contribution in [-0.2, 0) is 6.42 Å². The molecule has 0 atom stereocenters. The zero-order valence-corrected chi connectivity index (χ0v) is 9.75. The van der Waals surface area contributed by atoms with E-state index in [1.165, 1.54) is 11.3 Å². The lowest BCUT2D eigenvalue weighted by molar-refractivity contribution is 0.772. The molecule has 0 radical (unpaired) electrons. The summed E-state index contributed by atoms with van der Waals surface area (Å²) >= 11 is 0. The first kappa shape index (κ1) is 10.9. The lowest BCUT2D eigenvalue weighted by atomic mass is 10.1. The minimum absolute atomic E-state index is 0.968. The topological polar surface area (TPSA) is 40.7 Å². The van der Waals surface area contributed by atoms with Gasteiger partial charge in [-0.1, -0.05) is 29.8 Å². The molecule has 0 amide bonds. The Labute approximate surface area is 95.9 Å². The summed E-state index contributed by atoms with van der Waals surface area (Å²) in [5.41, 5.74) is 4.63. The molecule has 0 saturated heterocycles. The molecule has 0 fully saturated rings. The molecule has 0 spiro atoms. The number of H-pyrrole nitrogens is 1. The Hall–Kier alpha value is -1.61. The van der Waals surface area contributed by atoms with Gasteiger partial charge < -0.3 is 5.32 Å². The molecule has 2 aromatic rings. The van der Waals surface area contributed by atoms with E-state index in [9.17, 15) is 0 Å². The molecule has 0 saturated carbocycles. The third-order valence-corrected chi connectivity index (χ3v) is 2.62. The van der Waals surface area contributed by atoms with Crippen molar-refractivity contribution in [2.24, 2.45) is 0 Å². The summed E-state index contributed by atoms with van der Waals surface area (Å²) in [6.45, 7) is 3.06. The van der Waals surface area contributed by atoms with Crippen LogP contribution in [0.4, 0.5) is 0 Å². The molecule has 0 aliphatic carbocycles. The van der Waals surface area contributed by atoms with Gasteiger partial charge in [0.15, 0.2) is 0 Å². The fourth-order valence-corrected chi connectivity index (χ4v) is 1.62. The predicted octanol–water partition coefficient (Wildman–Crippen LogP) is 2.15. The lowest BCUT2D eigenvalue weighted by Gasteiger charge is -1.96. The monoisotopic (exact) mass is 215 g/mol. The van der Waals surface area contributed by atoms with Crippen molar-refractivity contribution in [2.45, 2.75) is 13.3 Å². The average Bonchev–Trinajstić information content (AvgIpc) is 2.76. The standard InChI is InChI=1S/C13H17N3/c1-10-3-5-11(6-4-10)13-9-12(15-16-13)7-8-14-2/h3-6,9,14H,7-8H2,1-2H3,(H,15,16). The molecule has 0 aliphatic rings. The van der Waals surface area contributed by atoms with Gasteiger partial charge in [-0.2, -0.15) is 5.10 Å². The Kier molecular flexibility index (Phi) is 3.37. The molecule has 0 bridgehead atoms. The Morgan fingerprint density at radius 3 is 2.69 bits per heavy atom. The van der Waals surface area contributed by atoms with Crippen LogP contribution in [0.3, 0.4) is 0 Å². The van der Waals surface area contributed by atoms with Crippen LogP contribution in [0.2, 0.25) is 0 Å². The maximum Gasteiger partial charge on any atom is 0.0923 e. The van der Waals surface area contributed by atoms with E-state index in [2.05, 4.69) is 52.8 Å². The van der Waals surface area contributed by atoms with Crippen molar-refractivity contribution in [3.8, 4) is 11.3 Å². The van der Waals surface area contributed by atoms with Crippen LogP contribution in [0.15, 0.2) is 30.3 Å². The number of nitrogens with zero attached hydrogens (tertiary/aromatic N) is 1. The zero-order valence-electron chi connectivity index (χ0n) is 9.75. The number of likely N-dealkylation sites (N-methyl/N-ethyl adjacent to an activating group) is 1. The van der Waals surface area contributed by atoms with Crippen LogP contribution < -0.4 is 5.32 Å². The molecule has 0 unspecified atom stereocenters. The molecule has 2 N–H and O–H groups in total. The molecule has 16 heavy (non-hydrogen) atoms. The summed E-state index contributed by atoms with van der Waals surface area (Å²) in [6.07, 6.45) is 0.982. The summed E-state index contributed by atoms with van der Waals surface area (Å²) in [6, 6.07) is 10.5. The maximum absolute atomic E-state index is 4.32. The molecular weight excluding hydrogens is 198 g/mol. The molecule has 1 aromatic heterocycles. The Morgan fingerprint density at radius 1 is 1.25 bits per heavy atom. The van der Waals surface area contributed by atoms with Crippen LogP contribution in [0.1, 0.15) is 11.3 Å². The second-order valence-corrected chi connectivity index (χ2v) is 4.00. The number of hydrogen-bond donors (Lipinski definition) is 2. The SMILES string of the molecule is CNCCc1cc(-c2ccc(C)cc2)n[nH]1. The maximum atomic E-state index is 4.32. The predicted molar refractivity (Wildman–Crippen MR) is 66.4 cm³/mol. The first-order valence-corrected chi connectivity index (χ1v) is 5.55. The smallest absolute Gasteiger partial charge is 0.0923 e.